The Morgan fingerprint density at radius 3 is 2.58 bits per heavy atom. The van der Waals surface area contributed by atoms with E-state index in [9.17, 15) is 0 Å². The van der Waals surface area contributed by atoms with Crippen LogP contribution in [0.25, 0.3) is 0 Å². The lowest BCUT2D eigenvalue weighted by Gasteiger charge is -2.23. The minimum Gasteiger partial charge on any atom is -0.356 e. The summed E-state index contributed by atoms with van der Waals surface area (Å²) in [5, 5.41) is 0. The van der Waals surface area contributed by atoms with Gasteiger partial charge in [-0.3, -0.25) is 0 Å². The van der Waals surface area contributed by atoms with E-state index in [1.54, 1.807) is 0 Å². The molecule has 3 rings (SSSR count). The van der Waals surface area contributed by atoms with Crippen LogP contribution in [0.3, 0.4) is 0 Å². The number of nitrogens with zero attached hydrogens (tertiary/aromatic N) is 3. The first kappa shape index (κ1) is 12.7. The zero-order valence-corrected chi connectivity index (χ0v) is 12.0. The van der Waals surface area contributed by atoms with E-state index in [4.69, 9.17) is 10.8 Å². The van der Waals surface area contributed by atoms with Gasteiger partial charge in [0, 0.05) is 24.6 Å². The lowest BCUT2D eigenvalue weighted by molar-refractivity contribution is 0.418. The third-order valence-corrected chi connectivity index (χ3v) is 4.19. The van der Waals surface area contributed by atoms with E-state index in [2.05, 4.69) is 29.2 Å². The third-order valence-electron chi connectivity index (χ3n) is 4.19. The number of hydrogen-bond donors (Lipinski definition) is 2. The molecule has 1 aliphatic carbocycles. The van der Waals surface area contributed by atoms with E-state index in [1.165, 1.54) is 19.3 Å². The van der Waals surface area contributed by atoms with Gasteiger partial charge in [-0.25, -0.2) is 15.8 Å². The van der Waals surface area contributed by atoms with Gasteiger partial charge < -0.3 is 10.3 Å². The topological polar surface area (TPSA) is 67.1 Å². The Morgan fingerprint density at radius 2 is 2.05 bits per heavy atom. The molecular weight excluding hydrogens is 238 g/mol. The minimum atomic E-state index is 0.368. The largest absolute Gasteiger partial charge is 0.356 e. The van der Waals surface area contributed by atoms with Gasteiger partial charge in [0.15, 0.2) is 0 Å². The predicted molar refractivity (Wildman–Crippen MR) is 77.2 cm³/mol. The van der Waals surface area contributed by atoms with E-state index in [1.807, 2.05) is 6.92 Å². The highest BCUT2D eigenvalue weighted by Gasteiger charge is 2.33. The van der Waals surface area contributed by atoms with Gasteiger partial charge in [-0.2, -0.15) is 0 Å². The van der Waals surface area contributed by atoms with E-state index in [-0.39, 0.29) is 0 Å². The third kappa shape index (κ3) is 2.39. The maximum absolute atomic E-state index is 5.60. The molecule has 2 heterocycles. The van der Waals surface area contributed by atoms with Crippen LogP contribution in [0.4, 0.5) is 11.6 Å². The Hall–Kier alpha value is -1.36. The molecule has 2 fully saturated rings. The molecule has 104 valence electrons. The zero-order chi connectivity index (χ0) is 13.6. The lowest BCUT2D eigenvalue weighted by Crippen LogP contribution is -2.26. The summed E-state index contributed by atoms with van der Waals surface area (Å²) in [6.45, 7) is 8.80. The summed E-state index contributed by atoms with van der Waals surface area (Å²) in [6.07, 6.45) is 3.62. The highest BCUT2D eigenvalue weighted by atomic mass is 15.3. The van der Waals surface area contributed by atoms with Gasteiger partial charge in [0.2, 0.25) is 0 Å². The second-order valence-corrected chi connectivity index (χ2v) is 6.63. The number of nitrogen functional groups attached to an aromatic ring is 1. The number of nitrogens with one attached hydrogen (secondary N) is 1. The average molecular weight is 261 g/mol. The van der Waals surface area contributed by atoms with Crippen LogP contribution in [0.1, 0.15) is 50.4 Å². The normalized spacial score (nSPS) is 21.8. The van der Waals surface area contributed by atoms with Crippen LogP contribution in [-0.4, -0.2) is 23.1 Å². The Bertz CT molecular complexity index is 493. The fourth-order valence-corrected chi connectivity index (χ4v) is 2.79. The van der Waals surface area contributed by atoms with Crippen LogP contribution in [-0.2, 0) is 0 Å². The summed E-state index contributed by atoms with van der Waals surface area (Å²) in [5.74, 6) is 8.94. The number of rotatable bonds is 3. The summed E-state index contributed by atoms with van der Waals surface area (Å²) in [4.78, 5) is 11.7. The monoisotopic (exact) mass is 261 g/mol. The molecule has 3 N–H and O–H groups in total. The lowest BCUT2D eigenvalue weighted by atomic mass is 9.93. The van der Waals surface area contributed by atoms with Crippen LogP contribution in [0.15, 0.2) is 0 Å². The van der Waals surface area contributed by atoms with Gasteiger partial charge in [0.05, 0.1) is 0 Å². The molecule has 1 aliphatic heterocycles. The smallest absolute Gasteiger partial charge is 0.148 e. The zero-order valence-electron chi connectivity index (χ0n) is 12.0. The number of nitrogens with two attached hydrogens (primary N) is 1. The van der Waals surface area contributed by atoms with Crippen molar-refractivity contribution >= 4 is 11.6 Å². The van der Waals surface area contributed by atoms with Crippen LogP contribution >= 0.6 is 0 Å². The van der Waals surface area contributed by atoms with Crippen molar-refractivity contribution in [1.82, 2.24) is 9.97 Å². The molecule has 19 heavy (non-hydrogen) atoms. The number of anilines is 2. The Labute approximate surface area is 114 Å². The van der Waals surface area contributed by atoms with E-state index < -0.39 is 0 Å². The molecule has 2 aliphatic rings. The summed E-state index contributed by atoms with van der Waals surface area (Å²) in [7, 11) is 0. The van der Waals surface area contributed by atoms with Crippen LogP contribution in [0.2, 0.25) is 0 Å². The van der Waals surface area contributed by atoms with Crippen molar-refractivity contribution in [2.45, 2.75) is 46.0 Å². The predicted octanol–water partition coefficient (Wildman–Crippen LogP) is 2.18. The second-order valence-electron chi connectivity index (χ2n) is 6.63. The van der Waals surface area contributed by atoms with Gasteiger partial charge in [0.1, 0.15) is 17.5 Å². The molecule has 0 atom stereocenters. The molecular formula is C14H23N5. The van der Waals surface area contributed by atoms with Crippen molar-refractivity contribution in [3.63, 3.8) is 0 Å². The molecule has 0 radical (unpaired) electrons. The van der Waals surface area contributed by atoms with Gasteiger partial charge in [-0.15, -0.1) is 0 Å². The molecule has 1 aromatic heterocycles. The first-order chi connectivity index (χ1) is 9.00. The van der Waals surface area contributed by atoms with E-state index >= 15 is 0 Å². The number of hydrazine groups is 1. The molecule has 0 spiro atoms. The first-order valence-electron chi connectivity index (χ1n) is 7.10. The molecule has 1 saturated heterocycles. The Kier molecular flexibility index (Phi) is 2.89. The van der Waals surface area contributed by atoms with Gasteiger partial charge in [-0.05, 0) is 31.6 Å². The second kappa shape index (κ2) is 4.34. The maximum Gasteiger partial charge on any atom is 0.148 e. The molecule has 0 amide bonds. The van der Waals surface area contributed by atoms with Gasteiger partial charge in [-0.1, -0.05) is 13.8 Å². The quantitative estimate of drug-likeness (QED) is 0.645. The van der Waals surface area contributed by atoms with Gasteiger partial charge >= 0.3 is 0 Å². The fourth-order valence-electron chi connectivity index (χ4n) is 2.79. The highest BCUT2D eigenvalue weighted by molar-refractivity contribution is 5.59. The van der Waals surface area contributed by atoms with E-state index in [0.29, 0.717) is 11.3 Å². The van der Waals surface area contributed by atoms with Crippen molar-refractivity contribution < 1.29 is 0 Å². The van der Waals surface area contributed by atoms with Crippen molar-refractivity contribution in [2.24, 2.45) is 11.3 Å². The summed E-state index contributed by atoms with van der Waals surface area (Å²) >= 11 is 0. The van der Waals surface area contributed by atoms with Crippen LogP contribution in [0, 0.1) is 12.3 Å². The maximum atomic E-state index is 5.60. The molecule has 1 saturated carbocycles. The minimum absolute atomic E-state index is 0.368. The van der Waals surface area contributed by atoms with Crippen molar-refractivity contribution in [3.8, 4) is 0 Å². The van der Waals surface area contributed by atoms with Crippen molar-refractivity contribution in [2.75, 3.05) is 23.4 Å². The summed E-state index contributed by atoms with van der Waals surface area (Å²) in [6, 6.07) is 0. The average Bonchev–Trinajstić information content (AvgIpc) is 3.14. The molecule has 1 aromatic rings. The first-order valence-corrected chi connectivity index (χ1v) is 7.10. The standard InChI is InChI=1S/C14H23N5/c1-9-11(18-15)16-12(10-4-5-10)17-13(9)19-7-6-14(2,3)8-19/h10H,4-8,15H2,1-3H3,(H,16,17,18). The van der Waals surface area contributed by atoms with Crippen LogP contribution in [0.5, 0.6) is 0 Å². The fraction of sp³-hybridized carbons (Fsp3) is 0.714. The molecule has 0 bridgehead atoms. The number of aromatic nitrogens is 2. The summed E-state index contributed by atoms with van der Waals surface area (Å²) < 4.78 is 0. The van der Waals surface area contributed by atoms with Gasteiger partial charge in [0.25, 0.3) is 0 Å². The van der Waals surface area contributed by atoms with E-state index in [0.717, 1.165) is 36.1 Å². The Morgan fingerprint density at radius 1 is 1.32 bits per heavy atom. The highest BCUT2D eigenvalue weighted by Crippen LogP contribution is 2.41. The molecule has 5 heteroatoms. The van der Waals surface area contributed by atoms with Crippen molar-refractivity contribution in [1.29, 1.82) is 0 Å². The SMILES string of the molecule is Cc1c(NN)nc(C2CC2)nc1N1CCC(C)(C)C1. The summed E-state index contributed by atoms with van der Waals surface area (Å²) in [5.41, 5.74) is 4.15. The van der Waals surface area contributed by atoms with Crippen LogP contribution < -0.4 is 16.2 Å². The molecule has 5 nitrogen and oxygen atoms in total. The molecule has 0 unspecified atom stereocenters. The Balaban J connectivity index is 1.97. The number of hydrogen-bond acceptors (Lipinski definition) is 5. The van der Waals surface area contributed by atoms with Crippen molar-refractivity contribution in [3.05, 3.63) is 11.4 Å². The molecule has 0 aromatic carbocycles.